The van der Waals surface area contributed by atoms with Crippen molar-refractivity contribution < 1.29 is 19.4 Å². The number of rotatable bonds is 6. The maximum absolute atomic E-state index is 11.9. The highest BCUT2D eigenvalue weighted by Gasteiger charge is 2.21. The lowest BCUT2D eigenvalue weighted by molar-refractivity contribution is -0.155. The third-order valence-corrected chi connectivity index (χ3v) is 3.38. The monoisotopic (exact) mass is 320 g/mol. The lowest BCUT2D eigenvalue weighted by atomic mass is 10.1. The summed E-state index contributed by atoms with van der Waals surface area (Å²) >= 11 is 5.95. The number of ether oxygens (including phenoxy) is 2. The fourth-order valence-corrected chi connectivity index (χ4v) is 2.14. The molecule has 0 aliphatic rings. The first-order chi connectivity index (χ1) is 10.6. The number of hydrogen-bond donors (Lipinski definition) is 1. The second-order valence-corrected chi connectivity index (χ2v) is 5.02. The third kappa shape index (κ3) is 4.23. The zero-order valence-corrected chi connectivity index (χ0v) is 12.9. The highest BCUT2D eigenvalue weighted by Crippen LogP contribution is 2.23. The van der Waals surface area contributed by atoms with Gasteiger partial charge in [-0.2, -0.15) is 0 Å². The summed E-state index contributed by atoms with van der Waals surface area (Å²) in [4.78, 5) is 11.9. The Bertz CT molecular complexity index is 625. The van der Waals surface area contributed by atoms with Crippen LogP contribution in [0.5, 0.6) is 5.75 Å². The van der Waals surface area contributed by atoms with Crippen LogP contribution in [0.1, 0.15) is 24.2 Å². The van der Waals surface area contributed by atoms with Gasteiger partial charge in [0.2, 0.25) is 0 Å². The van der Waals surface area contributed by atoms with Gasteiger partial charge in [-0.1, -0.05) is 41.9 Å². The number of esters is 1. The molecule has 0 aliphatic heterocycles. The van der Waals surface area contributed by atoms with Crippen molar-refractivity contribution in [3.8, 4) is 5.75 Å². The van der Waals surface area contributed by atoms with Crippen molar-refractivity contribution in [1.82, 2.24) is 0 Å². The summed E-state index contributed by atoms with van der Waals surface area (Å²) in [6.07, 6.45) is -1.39. The summed E-state index contributed by atoms with van der Waals surface area (Å²) in [5.41, 5.74) is 1.14. The van der Waals surface area contributed by atoms with Crippen LogP contribution in [0, 0.1) is 0 Å². The number of hydrogen-bond acceptors (Lipinski definition) is 4. The molecule has 4 nitrogen and oxygen atoms in total. The van der Waals surface area contributed by atoms with E-state index < -0.39 is 12.1 Å². The van der Waals surface area contributed by atoms with Gasteiger partial charge >= 0.3 is 5.97 Å². The molecule has 1 atom stereocenters. The highest BCUT2D eigenvalue weighted by molar-refractivity contribution is 6.31. The molecule has 0 saturated carbocycles. The minimum absolute atomic E-state index is 0.0761. The number of aliphatic hydroxyl groups is 1. The Morgan fingerprint density at radius 2 is 1.86 bits per heavy atom. The first kappa shape index (κ1) is 16.3. The van der Waals surface area contributed by atoms with Gasteiger partial charge < -0.3 is 14.6 Å². The van der Waals surface area contributed by atoms with E-state index in [4.69, 9.17) is 21.1 Å². The number of aliphatic hydroxyl groups excluding tert-OH is 1. The second kappa shape index (κ2) is 7.82. The molecule has 0 fully saturated rings. The molecule has 2 aromatic carbocycles. The largest absolute Gasteiger partial charge is 0.494 e. The van der Waals surface area contributed by atoms with Crippen molar-refractivity contribution in [2.24, 2.45) is 0 Å². The Hall–Kier alpha value is -2.04. The molecule has 0 aliphatic carbocycles. The van der Waals surface area contributed by atoms with Gasteiger partial charge in [-0.25, -0.2) is 4.79 Å². The lowest BCUT2D eigenvalue weighted by Gasteiger charge is -2.12. The molecule has 0 aromatic heterocycles. The molecule has 0 saturated heterocycles. The maximum atomic E-state index is 11.9. The lowest BCUT2D eigenvalue weighted by Crippen LogP contribution is -2.15. The fraction of sp³-hybridized carbons (Fsp3) is 0.235. The van der Waals surface area contributed by atoms with Gasteiger partial charge in [-0.05, 0) is 30.7 Å². The molecule has 0 amide bonds. The van der Waals surface area contributed by atoms with Crippen molar-refractivity contribution in [2.45, 2.75) is 19.6 Å². The summed E-state index contributed by atoms with van der Waals surface area (Å²) in [6, 6.07) is 13.8. The van der Waals surface area contributed by atoms with E-state index in [-0.39, 0.29) is 6.61 Å². The highest BCUT2D eigenvalue weighted by atomic mass is 35.5. The first-order valence-electron chi connectivity index (χ1n) is 6.92. The van der Waals surface area contributed by atoms with E-state index in [1.165, 1.54) is 0 Å². The number of benzene rings is 2. The topological polar surface area (TPSA) is 55.8 Å². The third-order valence-electron chi connectivity index (χ3n) is 3.04. The van der Waals surface area contributed by atoms with Crippen LogP contribution in [0.25, 0.3) is 0 Å². The molecular weight excluding hydrogens is 304 g/mol. The van der Waals surface area contributed by atoms with E-state index in [1.54, 1.807) is 48.5 Å². The van der Waals surface area contributed by atoms with Gasteiger partial charge in [-0.3, -0.25) is 0 Å². The van der Waals surface area contributed by atoms with Crippen LogP contribution in [0.3, 0.4) is 0 Å². The van der Waals surface area contributed by atoms with Crippen molar-refractivity contribution in [3.63, 3.8) is 0 Å². The number of carbonyl (C=O) groups excluding carboxylic acids is 1. The Morgan fingerprint density at radius 3 is 2.50 bits per heavy atom. The average Bonchev–Trinajstić information content (AvgIpc) is 2.54. The molecule has 5 heteroatoms. The summed E-state index contributed by atoms with van der Waals surface area (Å²) in [6.45, 7) is 2.58. The Balaban J connectivity index is 1.93. The molecule has 0 bridgehead atoms. The molecule has 2 rings (SSSR count). The Labute approximate surface area is 134 Å². The second-order valence-electron chi connectivity index (χ2n) is 4.61. The van der Waals surface area contributed by atoms with Crippen LogP contribution in [-0.4, -0.2) is 17.7 Å². The molecule has 116 valence electrons. The van der Waals surface area contributed by atoms with E-state index in [1.807, 2.05) is 6.92 Å². The summed E-state index contributed by atoms with van der Waals surface area (Å²) in [5.74, 6) is 0.0238. The van der Waals surface area contributed by atoms with Crippen LogP contribution >= 0.6 is 11.6 Å². The van der Waals surface area contributed by atoms with E-state index in [9.17, 15) is 9.90 Å². The molecule has 22 heavy (non-hydrogen) atoms. The van der Waals surface area contributed by atoms with E-state index in [2.05, 4.69) is 0 Å². The number of carbonyl (C=O) groups is 1. The molecule has 0 radical (unpaired) electrons. The predicted molar refractivity (Wildman–Crippen MR) is 83.8 cm³/mol. The van der Waals surface area contributed by atoms with Crippen LogP contribution in [0.4, 0.5) is 0 Å². The van der Waals surface area contributed by atoms with Crippen molar-refractivity contribution in [3.05, 3.63) is 64.7 Å². The van der Waals surface area contributed by atoms with Gasteiger partial charge in [0.1, 0.15) is 12.4 Å². The molecule has 2 aromatic rings. The van der Waals surface area contributed by atoms with Crippen LogP contribution < -0.4 is 4.74 Å². The maximum Gasteiger partial charge on any atom is 0.340 e. The first-order valence-corrected chi connectivity index (χ1v) is 7.30. The average molecular weight is 321 g/mol. The molecule has 0 heterocycles. The summed E-state index contributed by atoms with van der Waals surface area (Å²) < 4.78 is 10.4. The van der Waals surface area contributed by atoms with E-state index in [0.29, 0.717) is 17.2 Å². The van der Waals surface area contributed by atoms with Gasteiger partial charge in [0.15, 0.2) is 6.10 Å². The van der Waals surface area contributed by atoms with Crippen molar-refractivity contribution in [1.29, 1.82) is 0 Å². The van der Waals surface area contributed by atoms with Gasteiger partial charge in [-0.15, -0.1) is 0 Å². The minimum Gasteiger partial charge on any atom is -0.494 e. The zero-order valence-electron chi connectivity index (χ0n) is 12.2. The van der Waals surface area contributed by atoms with Crippen LogP contribution in [-0.2, 0) is 16.1 Å². The standard InChI is InChI=1S/C17H17ClO4/c1-2-21-13-9-7-12(8-10-13)11-22-17(20)16(19)14-5-3-4-6-15(14)18/h3-10,16,19H,2,11H2,1H3/t16-/m1/s1. The SMILES string of the molecule is CCOc1ccc(COC(=O)[C@H](O)c2ccccc2Cl)cc1. The summed E-state index contributed by atoms with van der Waals surface area (Å²) in [5, 5.41) is 10.3. The molecule has 0 unspecified atom stereocenters. The molecule has 1 N–H and O–H groups in total. The normalized spacial score (nSPS) is 11.8. The van der Waals surface area contributed by atoms with E-state index in [0.717, 1.165) is 11.3 Å². The zero-order chi connectivity index (χ0) is 15.9. The van der Waals surface area contributed by atoms with Crippen LogP contribution in [0.2, 0.25) is 5.02 Å². The summed E-state index contributed by atoms with van der Waals surface area (Å²) in [7, 11) is 0. The predicted octanol–water partition coefficient (Wildman–Crippen LogP) is 3.52. The minimum atomic E-state index is -1.39. The number of halogens is 1. The van der Waals surface area contributed by atoms with Gasteiger partial charge in [0.25, 0.3) is 0 Å². The van der Waals surface area contributed by atoms with Crippen LogP contribution in [0.15, 0.2) is 48.5 Å². The van der Waals surface area contributed by atoms with Crippen molar-refractivity contribution in [2.75, 3.05) is 6.61 Å². The fourth-order valence-electron chi connectivity index (χ4n) is 1.91. The smallest absolute Gasteiger partial charge is 0.340 e. The van der Waals surface area contributed by atoms with Crippen molar-refractivity contribution >= 4 is 17.6 Å². The molecule has 0 spiro atoms. The van der Waals surface area contributed by atoms with E-state index >= 15 is 0 Å². The molecular formula is C17H17ClO4. The quantitative estimate of drug-likeness (QED) is 0.827. The van der Waals surface area contributed by atoms with Gasteiger partial charge in [0, 0.05) is 10.6 Å². The van der Waals surface area contributed by atoms with Gasteiger partial charge in [0.05, 0.1) is 6.61 Å². The Morgan fingerprint density at radius 1 is 1.18 bits per heavy atom. The Kier molecular flexibility index (Phi) is 5.81.